The van der Waals surface area contributed by atoms with E-state index in [0.717, 1.165) is 17.9 Å². The van der Waals surface area contributed by atoms with Crippen LogP contribution >= 0.6 is 0 Å². The fourth-order valence-electron chi connectivity index (χ4n) is 4.60. The van der Waals surface area contributed by atoms with E-state index in [4.69, 9.17) is 9.47 Å². The van der Waals surface area contributed by atoms with Crippen molar-refractivity contribution >= 4 is 17.4 Å². The van der Waals surface area contributed by atoms with Crippen molar-refractivity contribution in [1.82, 2.24) is 9.80 Å². The second-order valence-corrected chi connectivity index (χ2v) is 9.04. The van der Waals surface area contributed by atoms with Crippen LogP contribution in [0.3, 0.4) is 0 Å². The molecule has 180 valence electrons. The Kier molecular flexibility index (Phi) is 6.52. The van der Waals surface area contributed by atoms with Gasteiger partial charge < -0.3 is 29.5 Å². The van der Waals surface area contributed by atoms with Crippen molar-refractivity contribution in [2.24, 2.45) is 0 Å². The van der Waals surface area contributed by atoms with Crippen LogP contribution in [-0.4, -0.2) is 72.1 Å². The zero-order valence-electron chi connectivity index (χ0n) is 19.9. The molecular formula is C26H30N2O6. The maximum Gasteiger partial charge on any atom is 0.295 e. The number of methoxy groups -OCH3 is 1. The van der Waals surface area contributed by atoms with Crippen LogP contribution in [0.15, 0.2) is 42.0 Å². The van der Waals surface area contributed by atoms with Gasteiger partial charge in [0.15, 0.2) is 11.5 Å². The molecule has 0 radical (unpaired) electrons. The van der Waals surface area contributed by atoms with Gasteiger partial charge in [0.25, 0.3) is 11.7 Å². The maximum atomic E-state index is 13.2. The zero-order chi connectivity index (χ0) is 24.6. The first-order valence-corrected chi connectivity index (χ1v) is 11.3. The number of aliphatic hydroxyl groups is 1. The number of phenolic OH excluding ortho intramolecular Hbond substituents is 1. The lowest BCUT2D eigenvalue weighted by atomic mass is 9.94. The number of hydrogen-bond donors (Lipinski definition) is 2. The molecular weight excluding hydrogens is 436 g/mol. The van der Waals surface area contributed by atoms with Crippen molar-refractivity contribution in [3.8, 4) is 17.2 Å². The molecule has 2 aromatic carbocycles. The molecule has 1 fully saturated rings. The molecule has 2 aromatic rings. The number of Topliss-reactive ketones (excluding diaryl/α,β-unsaturated/α-hetero) is 1. The molecule has 2 unspecified atom stereocenters. The minimum Gasteiger partial charge on any atom is -0.507 e. The number of carbonyl (C=O) groups is 2. The first-order chi connectivity index (χ1) is 16.2. The third-order valence-electron chi connectivity index (χ3n) is 6.23. The quantitative estimate of drug-likeness (QED) is 0.367. The highest BCUT2D eigenvalue weighted by Gasteiger charge is 2.46. The number of aliphatic hydroxyl groups excluding tert-OH is 1. The summed E-state index contributed by atoms with van der Waals surface area (Å²) in [6, 6.07) is 9.17. The lowest BCUT2D eigenvalue weighted by Crippen LogP contribution is -2.32. The van der Waals surface area contributed by atoms with Crippen LogP contribution in [0.5, 0.6) is 17.2 Å². The van der Waals surface area contributed by atoms with Crippen molar-refractivity contribution in [3.05, 3.63) is 58.7 Å². The highest BCUT2D eigenvalue weighted by Crippen LogP contribution is 2.42. The van der Waals surface area contributed by atoms with E-state index in [2.05, 4.69) is 0 Å². The van der Waals surface area contributed by atoms with Crippen molar-refractivity contribution in [2.45, 2.75) is 31.9 Å². The molecule has 2 heterocycles. The summed E-state index contributed by atoms with van der Waals surface area (Å²) >= 11 is 0. The first-order valence-electron chi connectivity index (χ1n) is 11.3. The summed E-state index contributed by atoms with van der Waals surface area (Å²) in [5.74, 6) is -0.690. The molecule has 34 heavy (non-hydrogen) atoms. The van der Waals surface area contributed by atoms with Crippen LogP contribution in [0.4, 0.5) is 0 Å². The Morgan fingerprint density at radius 3 is 2.68 bits per heavy atom. The molecule has 0 saturated carbocycles. The first kappa shape index (κ1) is 23.6. The Labute approximate surface area is 199 Å². The lowest BCUT2D eigenvalue weighted by molar-refractivity contribution is -0.139. The third-order valence-corrected chi connectivity index (χ3v) is 6.23. The van der Waals surface area contributed by atoms with Gasteiger partial charge in [-0.2, -0.15) is 0 Å². The summed E-state index contributed by atoms with van der Waals surface area (Å²) < 4.78 is 11.0. The third kappa shape index (κ3) is 4.33. The smallest absolute Gasteiger partial charge is 0.295 e. The molecule has 0 aromatic heterocycles. The van der Waals surface area contributed by atoms with Gasteiger partial charge in [0.2, 0.25) is 0 Å². The highest BCUT2D eigenvalue weighted by molar-refractivity contribution is 6.46. The van der Waals surface area contributed by atoms with E-state index >= 15 is 0 Å². The Morgan fingerprint density at radius 1 is 1.21 bits per heavy atom. The number of nitrogens with zero attached hydrogens (tertiary/aromatic N) is 2. The van der Waals surface area contributed by atoms with E-state index in [-0.39, 0.29) is 28.9 Å². The summed E-state index contributed by atoms with van der Waals surface area (Å²) in [7, 11) is 5.31. The number of rotatable bonds is 7. The summed E-state index contributed by atoms with van der Waals surface area (Å²) in [4.78, 5) is 29.8. The van der Waals surface area contributed by atoms with E-state index in [1.165, 1.54) is 18.1 Å². The Balaban J connectivity index is 1.81. The van der Waals surface area contributed by atoms with E-state index in [1.807, 2.05) is 32.0 Å². The summed E-state index contributed by atoms with van der Waals surface area (Å²) in [6.45, 7) is 3.04. The number of carbonyl (C=O) groups excluding carboxylic acids is 2. The van der Waals surface area contributed by atoms with Crippen LogP contribution in [-0.2, 0) is 16.0 Å². The number of ketones is 1. The molecule has 2 aliphatic rings. The largest absolute Gasteiger partial charge is 0.507 e. The van der Waals surface area contributed by atoms with Gasteiger partial charge in [0.1, 0.15) is 17.6 Å². The number of benzene rings is 2. The summed E-state index contributed by atoms with van der Waals surface area (Å²) in [6.07, 6.45) is 1.40. The molecule has 8 nitrogen and oxygen atoms in total. The highest BCUT2D eigenvalue weighted by atomic mass is 16.5. The normalized spacial score (nSPS) is 21.1. The summed E-state index contributed by atoms with van der Waals surface area (Å²) in [5, 5.41) is 21.4. The number of likely N-dealkylation sites (tertiary alicyclic amines) is 1. The maximum absolute atomic E-state index is 13.2. The molecule has 0 bridgehead atoms. The van der Waals surface area contributed by atoms with Crippen molar-refractivity contribution < 1.29 is 29.3 Å². The number of phenols is 1. The number of aromatic hydroxyl groups is 1. The van der Waals surface area contributed by atoms with Gasteiger partial charge in [-0.3, -0.25) is 9.59 Å². The molecule has 2 atom stereocenters. The molecule has 2 N–H and O–H groups in total. The van der Waals surface area contributed by atoms with E-state index < -0.39 is 17.7 Å². The predicted molar refractivity (Wildman–Crippen MR) is 127 cm³/mol. The second-order valence-electron chi connectivity index (χ2n) is 9.04. The van der Waals surface area contributed by atoms with Gasteiger partial charge in [0, 0.05) is 18.5 Å². The Bertz CT molecular complexity index is 1160. The van der Waals surface area contributed by atoms with E-state index in [0.29, 0.717) is 30.5 Å². The molecule has 0 aliphatic carbocycles. The molecule has 1 saturated heterocycles. The van der Waals surface area contributed by atoms with Crippen LogP contribution in [0.25, 0.3) is 5.76 Å². The van der Waals surface area contributed by atoms with Crippen LogP contribution in [0.2, 0.25) is 0 Å². The van der Waals surface area contributed by atoms with Gasteiger partial charge in [-0.25, -0.2) is 0 Å². The van der Waals surface area contributed by atoms with Crippen LogP contribution in [0.1, 0.15) is 36.1 Å². The van der Waals surface area contributed by atoms with Gasteiger partial charge in [-0.1, -0.05) is 6.07 Å². The predicted octanol–water partition coefficient (Wildman–Crippen LogP) is 3.10. The van der Waals surface area contributed by atoms with Crippen molar-refractivity contribution in [3.63, 3.8) is 0 Å². The average Bonchev–Trinajstić information content (AvgIpc) is 3.29. The minimum atomic E-state index is -0.805. The molecule has 8 heteroatoms. The van der Waals surface area contributed by atoms with Gasteiger partial charge in [0.05, 0.1) is 18.7 Å². The SMILES string of the molecule is COc1cc(C2/C(=C(\O)c3ccc4c(c3)CC(C)O4)C(=O)C(=O)N2CCCN(C)C)ccc1O. The van der Waals surface area contributed by atoms with E-state index in [1.54, 1.807) is 24.3 Å². The number of fused-ring (bicyclic) bond motifs is 1. The number of ether oxygens (including phenoxy) is 2. The van der Waals surface area contributed by atoms with Crippen molar-refractivity contribution in [1.29, 1.82) is 0 Å². The van der Waals surface area contributed by atoms with Gasteiger partial charge in [-0.05, 0) is 75.4 Å². The lowest BCUT2D eigenvalue weighted by Gasteiger charge is -2.26. The Morgan fingerprint density at radius 2 is 1.97 bits per heavy atom. The van der Waals surface area contributed by atoms with Crippen LogP contribution < -0.4 is 9.47 Å². The average molecular weight is 467 g/mol. The fraction of sp³-hybridized carbons (Fsp3) is 0.385. The summed E-state index contributed by atoms with van der Waals surface area (Å²) in [5.41, 5.74) is 1.99. The standard InChI is InChI=1S/C26H30N2O6/c1-15-12-18-13-17(7-9-20(18)34-15)24(30)22-23(16-6-8-19(29)21(14-16)33-4)28(26(32)25(22)31)11-5-10-27(2)3/h6-9,13-15,23,29-30H,5,10-12H2,1-4H3/b24-22+. The van der Waals surface area contributed by atoms with Gasteiger partial charge >= 0.3 is 0 Å². The molecule has 4 rings (SSSR count). The van der Waals surface area contributed by atoms with Crippen LogP contribution in [0, 0.1) is 0 Å². The zero-order valence-corrected chi connectivity index (χ0v) is 19.9. The van der Waals surface area contributed by atoms with E-state index in [9.17, 15) is 19.8 Å². The topological polar surface area (TPSA) is 99.5 Å². The Hall–Kier alpha value is -3.52. The molecule has 0 spiro atoms. The second kappa shape index (κ2) is 9.38. The van der Waals surface area contributed by atoms with Gasteiger partial charge in [-0.15, -0.1) is 0 Å². The fourth-order valence-corrected chi connectivity index (χ4v) is 4.60. The van der Waals surface area contributed by atoms with Crippen molar-refractivity contribution in [2.75, 3.05) is 34.3 Å². The minimum absolute atomic E-state index is 0.0227. The molecule has 1 amide bonds. The number of amides is 1. The monoisotopic (exact) mass is 466 g/mol. The molecule has 2 aliphatic heterocycles. The number of hydrogen-bond acceptors (Lipinski definition) is 7.